The van der Waals surface area contributed by atoms with Crippen molar-refractivity contribution in [3.8, 4) is 5.69 Å². The fourth-order valence-electron chi connectivity index (χ4n) is 4.34. The molecule has 7 heteroatoms. The highest BCUT2D eigenvalue weighted by molar-refractivity contribution is 6.08. The third kappa shape index (κ3) is 3.08. The Labute approximate surface area is 179 Å². The van der Waals surface area contributed by atoms with E-state index in [0.717, 1.165) is 34.8 Å². The zero-order valence-electron chi connectivity index (χ0n) is 17.6. The minimum absolute atomic E-state index is 0.0166. The summed E-state index contributed by atoms with van der Waals surface area (Å²) in [4.78, 5) is 27.7. The first-order chi connectivity index (χ1) is 14.9. The van der Waals surface area contributed by atoms with Crippen molar-refractivity contribution < 1.29 is 9.18 Å². The highest BCUT2D eigenvalue weighted by Gasteiger charge is 2.48. The summed E-state index contributed by atoms with van der Waals surface area (Å²) in [7, 11) is 0. The van der Waals surface area contributed by atoms with Gasteiger partial charge in [0.15, 0.2) is 5.82 Å². The monoisotopic (exact) mass is 415 g/mol. The largest absolute Gasteiger partial charge is 0.303 e. The Morgan fingerprint density at radius 2 is 2.03 bits per heavy atom. The lowest BCUT2D eigenvalue weighted by Gasteiger charge is -2.23. The van der Waals surface area contributed by atoms with Crippen LogP contribution < -0.4 is 4.90 Å². The Balaban J connectivity index is 1.54. The maximum absolute atomic E-state index is 14.1. The molecule has 6 nitrogen and oxygen atoms in total. The summed E-state index contributed by atoms with van der Waals surface area (Å²) in [6.45, 7) is 5.84. The molecule has 1 aliphatic carbocycles. The Morgan fingerprint density at radius 1 is 1.19 bits per heavy atom. The predicted molar refractivity (Wildman–Crippen MR) is 115 cm³/mol. The van der Waals surface area contributed by atoms with Crippen molar-refractivity contribution >= 4 is 11.6 Å². The van der Waals surface area contributed by atoms with Crippen LogP contribution in [0, 0.1) is 18.2 Å². The van der Waals surface area contributed by atoms with Gasteiger partial charge in [-0.15, -0.1) is 0 Å². The molecule has 4 heterocycles. The van der Waals surface area contributed by atoms with Crippen LogP contribution in [0.15, 0.2) is 72.7 Å². The first kappa shape index (κ1) is 19.4. The lowest BCUT2D eigenvalue weighted by molar-refractivity contribution is -0.122. The normalized spacial score (nSPS) is 19.8. The average molecular weight is 415 g/mol. The van der Waals surface area contributed by atoms with E-state index in [1.54, 1.807) is 34.3 Å². The molecule has 5 rings (SSSR count). The number of rotatable bonds is 3. The van der Waals surface area contributed by atoms with Crippen LogP contribution in [0.25, 0.3) is 5.69 Å². The number of anilines is 1. The number of hydrogen-bond donors (Lipinski definition) is 0. The molecular weight excluding hydrogens is 393 g/mol. The Kier molecular flexibility index (Phi) is 4.36. The Morgan fingerprint density at radius 3 is 2.81 bits per heavy atom. The molecule has 0 radical (unpaired) electrons. The van der Waals surface area contributed by atoms with Gasteiger partial charge in [-0.05, 0) is 51.0 Å². The van der Waals surface area contributed by atoms with E-state index >= 15 is 0 Å². The Bertz CT molecular complexity index is 1260. The molecule has 0 N–H and O–H groups in total. The quantitative estimate of drug-likeness (QED) is 0.633. The summed E-state index contributed by atoms with van der Waals surface area (Å²) in [5.41, 5.74) is 4.20. The van der Waals surface area contributed by atoms with Crippen molar-refractivity contribution in [2.75, 3.05) is 4.90 Å². The van der Waals surface area contributed by atoms with Crippen LogP contribution in [0.1, 0.15) is 37.6 Å². The molecule has 0 spiro atoms. The van der Waals surface area contributed by atoms with E-state index in [0.29, 0.717) is 5.69 Å². The number of amides is 1. The summed E-state index contributed by atoms with van der Waals surface area (Å²) in [6, 6.07) is 5.39. The molecule has 1 amide bonds. The van der Waals surface area contributed by atoms with Gasteiger partial charge in [-0.1, -0.05) is 12.2 Å². The van der Waals surface area contributed by atoms with E-state index in [9.17, 15) is 9.18 Å². The molecule has 156 valence electrons. The molecule has 2 aliphatic rings. The second-order valence-corrected chi connectivity index (χ2v) is 8.47. The number of allylic oxidation sites excluding steroid dienone is 3. The highest BCUT2D eigenvalue weighted by Crippen LogP contribution is 2.49. The van der Waals surface area contributed by atoms with Crippen LogP contribution in [0.4, 0.5) is 10.1 Å². The van der Waals surface area contributed by atoms with Gasteiger partial charge in [-0.2, -0.15) is 0 Å². The number of aryl methyl sites for hydroxylation is 1. The average Bonchev–Trinajstić information content (AvgIpc) is 3.30. The van der Waals surface area contributed by atoms with Crippen molar-refractivity contribution in [2.45, 2.75) is 33.1 Å². The van der Waals surface area contributed by atoms with E-state index in [1.165, 1.54) is 6.20 Å². The maximum atomic E-state index is 14.1. The summed E-state index contributed by atoms with van der Waals surface area (Å²) < 4.78 is 15.8. The minimum Gasteiger partial charge on any atom is -0.303 e. The predicted octanol–water partition coefficient (Wildman–Crippen LogP) is 4.48. The molecule has 1 saturated heterocycles. The minimum atomic E-state index is -0.604. The van der Waals surface area contributed by atoms with Gasteiger partial charge in [-0.3, -0.25) is 19.7 Å². The van der Waals surface area contributed by atoms with Gasteiger partial charge in [-0.25, -0.2) is 9.37 Å². The summed E-state index contributed by atoms with van der Waals surface area (Å²) in [6.07, 6.45) is 12.9. The molecular formula is C24H22FN5O. The molecule has 1 unspecified atom stereocenters. The molecule has 1 atom stereocenters. The molecule has 3 aromatic heterocycles. The van der Waals surface area contributed by atoms with Crippen LogP contribution in [0.2, 0.25) is 0 Å². The lowest BCUT2D eigenvalue weighted by Crippen LogP contribution is -2.30. The lowest BCUT2D eigenvalue weighted by atomic mass is 9.80. The number of fused-ring (bicyclic) bond motifs is 1. The summed E-state index contributed by atoms with van der Waals surface area (Å²) >= 11 is 0. The third-order valence-electron chi connectivity index (χ3n) is 6.01. The van der Waals surface area contributed by atoms with E-state index < -0.39 is 11.2 Å². The molecule has 1 aliphatic heterocycles. The number of carbonyl (C=O) groups excluding carboxylic acids is 1. The number of aromatic nitrogens is 4. The van der Waals surface area contributed by atoms with Crippen molar-refractivity contribution in [1.29, 1.82) is 0 Å². The van der Waals surface area contributed by atoms with Crippen molar-refractivity contribution in [1.82, 2.24) is 19.5 Å². The standard InChI is InChI=1S/C24H22FN5O/c1-15-10-17(6-9-27-15)30-22-11-16(4-5-18(22)24(2,3)23(30)31)20-13-29(14-28-20)21-7-8-26-12-19(21)25/h5-14,16H,4H2,1-3H3. The van der Waals surface area contributed by atoms with E-state index in [2.05, 4.69) is 27.1 Å². The zero-order chi connectivity index (χ0) is 21.8. The maximum Gasteiger partial charge on any atom is 0.241 e. The summed E-state index contributed by atoms with van der Waals surface area (Å²) in [5.74, 6) is -0.379. The Hall–Kier alpha value is -3.61. The molecule has 3 aromatic rings. The van der Waals surface area contributed by atoms with Crippen LogP contribution in [0.5, 0.6) is 0 Å². The smallest absolute Gasteiger partial charge is 0.241 e. The fourth-order valence-corrected chi connectivity index (χ4v) is 4.34. The zero-order valence-corrected chi connectivity index (χ0v) is 17.6. The van der Waals surface area contributed by atoms with Crippen LogP contribution in [0.3, 0.4) is 0 Å². The van der Waals surface area contributed by atoms with E-state index in [4.69, 9.17) is 0 Å². The van der Waals surface area contributed by atoms with Crippen LogP contribution >= 0.6 is 0 Å². The SMILES string of the molecule is Cc1cc(N2C(=O)C(C)(C)C3=CCC(c4cn(-c5ccncc5F)cn4)C=C32)ccn1. The number of pyridine rings is 2. The van der Waals surface area contributed by atoms with E-state index in [1.807, 2.05) is 39.1 Å². The van der Waals surface area contributed by atoms with Gasteiger partial charge in [0.2, 0.25) is 5.91 Å². The van der Waals surface area contributed by atoms with Gasteiger partial charge >= 0.3 is 0 Å². The number of hydrogen-bond acceptors (Lipinski definition) is 4. The fraction of sp³-hybridized carbons (Fsp3) is 0.250. The van der Waals surface area contributed by atoms with Crippen molar-refractivity contribution in [3.63, 3.8) is 0 Å². The second-order valence-electron chi connectivity index (χ2n) is 8.47. The van der Waals surface area contributed by atoms with E-state index in [-0.39, 0.29) is 11.8 Å². The molecule has 0 bridgehead atoms. The molecule has 31 heavy (non-hydrogen) atoms. The summed E-state index contributed by atoms with van der Waals surface area (Å²) in [5, 5.41) is 0. The third-order valence-corrected chi connectivity index (χ3v) is 6.01. The number of carbonyl (C=O) groups is 1. The van der Waals surface area contributed by atoms with Gasteiger partial charge in [0, 0.05) is 35.9 Å². The van der Waals surface area contributed by atoms with Gasteiger partial charge in [0.1, 0.15) is 0 Å². The van der Waals surface area contributed by atoms with Gasteiger partial charge in [0.25, 0.3) is 0 Å². The first-order valence-corrected chi connectivity index (χ1v) is 10.2. The first-order valence-electron chi connectivity index (χ1n) is 10.2. The van der Waals surface area contributed by atoms with Crippen molar-refractivity contribution in [3.05, 3.63) is 89.9 Å². The second kappa shape index (κ2) is 6.97. The number of halogens is 1. The van der Waals surface area contributed by atoms with Gasteiger partial charge < -0.3 is 4.57 Å². The van der Waals surface area contributed by atoms with Crippen LogP contribution in [-0.4, -0.2) is 25.4 Å². The van der Waals surface area contributed by atoms with Gasteiger partial charge in [0.05, 0.1) is 35.0 Å². The van der Waals surface area contributed by atoms with Crippen LogP contribution in [-0.2, 0) is 4.79 Å². The molecule has 0 aromatic carbocycles. The number of nitrogens with zero attached hydrogens (tertiary/aromatic N) is 5. The number of imidazole rings is 1. The topological polar surface area (TPSA) is 63.9 Å². The highest BCUT2D eigenvalue weighted by atomic mass is 19.1. The molecule has 1 fully saturated rings. The van der Waals surface area contributed by atoms with Crippen molar-refractivity contribution in [2.24, 2.45) is 5.41 Å². The molecule has 0 saturated carbocycles.